The molecule has 4 nitrogen and oxygen atoms in total. The highest BCUT2D eigenvalue weighted by Crippen LogP contribution is 2.23. The lowest BCUT2D eigenvalue weighted by molar-refractivity contribution is 0.411. The molecule has 0 atom stereocenters. The first-order chi connectivity index (χ1) is 8.91. The molecule has 0 bridgehead atoms. The number of benzene rings is 1. The molecule has 0 aliphatic carbocycles. The number of hydrogen-bond acceptors (Lipinski definition) is 3. The number of unbranched alkanes of at least 4 members (excludes halogenated alkanes) is 1. The second kappa shape index (κ2) is 6.91. The molecule has 1 aromatic rings. The lowest BCUT2D eigenvalue weighted by Crippen LogP contribution is -2.26. The molecule has 1 aromatic carbocycles. The molecule has 0 fully saturated rings. The van der Waals surface area contributed by atoms with Gasteiger partial charge in [0.15, 0.2) is 0 Å². The number of sulfonamides is 1. The van der Waals surface area contributed by atoms with Crippen molar-refractivity contribution >= 4 is 10.0 Å². The van der Waals surface area contributed by atoms with Crippen molar-refractivity contribution in [2.75, 3.05) is 12.9 Å². The fourth-order valence-corrected chi connectivity index (χ4v) is 3.05. The van der Waals surface area contributed by atoms with Crippen LogP contribution in [0.5, 0.6) is 5.75 Å². The molecule has 0 spiro atoms. The Bertz CT molecular complexity index is 524. The van der Waals surface area contributed by atoms with E-state index < -0.39 is 10.0 Å². The van der Waals surface area contributed by atoms with Crippen LogP contribution in [0.1, 0.15) is 36.5 Å². The molecular weight excluding hydrogens is 262 g/mol. The summed E-state index contributed by atoms with van der Waals surface area (Å²) in [6.07, 6.45) is 1.57. The molecule has 19 heavy (non-hydrogen) atoms. The molecule has 0 saturated carbocycles. The smallest absolute Gasteiger partial charge is 0.211 e. The lowest BCUT2D eigenvalue weighted by Gasteiger charge is -2.13. The number of hydrogen-bond donors (Lipinski definition) is 1. The van der Waals surface area contributed by atoms with Crippen LogP contribution in [0.25, 0.3) is 0 Å². The van der Waals surface area contributed by atoms with E-state index in [0.29, 0.717) is 13.0 Å². The van der Waals surface area contributed by atoms with Gasteiger partial charge in [0.05, 0.1) is 12.9 Å². The number of ether oxygens (including phenoxy) is 1. The van der Waals surface area contributed by atoms with Crippen LogP contribution in [-0.4, -0.2) is 21.3 Å². The summed E-state index contributed by atoms with van der Waals surface area (Å²) in [6.45, 7) is 6.27. The first-order valence-electron chi connectivity index (χ1n) is 6.51. The van der Waals surface area contributed by atoms with Gasteiger partial charge in [0.25, 0.3) is 0 Å². The molecule has 0 aliphatic heterocycles. The summed E-state index contributed by atoms with van der Waals surface area (Å²) in [7, 11) is -1.53. The van der Waals surface area contributed by atoms with Gasteiger partial charge in [0, 0.05) is 6.54 Å². The second-order valence-corrected chi connectivity index (χ2v) is 6.60. The minimum atomic E-state index is -3.17. The summed E-state index contributed by atoms with van der Waals surface area (Å²) in [4.78, 5) is 0. The summed E-state index contributed by atoms with van der Waals surface area (Å²) in [5.41, 5.74) is 3.10. The van der Waals surface area contributed by atoms with E-state index in [4.69, 9.17) is 4.74 Å². The third-order valence-electron chi connectivity index (χ3n) is 3.32. The van der Waals surface area contributed by atoms with E-state index in [1.54, 1.807) is 7.11 Å². The van der Waals surface area contributed by atoms with Gasteiger partial charge in [0.2, 0.25) is 10.0 Å². The Kier molecular flexibility index (Phi) is 5.82. The Morgan fingerprint density at radius 2 is 1.89 bits per heavy atom. The van der Waals surface area contributed by atoms with Crippen molar-refractivity contribution in [3.05, 3.63) is 28.8 Å². The van der Waals surface area contributed by atoms with E-state index in [0.717, 1.165) is 28.9 Å². The molecule has 0 aliphatic rings. The highest BCUT2D eigenvalue weighted by molar-refractivity contribution is 7.89. The number of rotatable bonds is 7. The largest absolute Gasteiger partial charge is 0.496 e. The molecule has 5 heteroatoms. The third kappa shape index (κ3) is 4.51. The van der Waals surface area contributed by atoms with Crippen molar-refractivity contribution in [3.8, 4) is 5.75 Å². The van der Waals surface area contributed by atoms with E-state index in [1.807, 2.05) is 32.9 Å². The van der Waals surface area contributed by atoms with E-state index >= 15 is 0 Å². The molecular formula is C14H23NO3S. The molecule has 1 rings (SSSR count). The van der Waals surface area contributed by atoms with Crippen molar-refractivity contribution in [2.24, 2.45) is 0 Å². The Labute approximate surface area is 116 Å². The fourth-order valence-electron chi connectivity index (χ4n) is 1.86. The van der Waals surface area contributed by atoms with Crippen LogP contribution >= 0.6 is 0 Å². The quantitative estimate of drug-likeness (QED) is 0.837. The zero-order valence-corrected chi connectivity index (χ0v) is 12.9. The number of nitrogens with one attached hydrogen (secondary N) is 1. The zero-order chi connectivity index (χ0) is 14.5. The minimum Gasteiger partial charge on any atom is -0.496 e. The topological polar surface area (TPSA) is 55.4 Å². The lowest BCUT2D eigenvalue weighted by atomic mass is 10.0. The fraction of sp³-hybridized carbons (Fsp3) is 0.571. The van der Waals surface area contributed by atoms with Gasteiger partial charge in [-0.3, -0.25) is 0 Å². The van der Waals surface area contributed by atoms with Gasteiger partial charge < -0.3 is 4.74 Å². The summed E-state index contributed by atoms with van der Waals surface area (Å²) in [6, 6.07) is 3.78. The van der Waals surface area contributed by atoms with Crippen LogP contribution in [0.2, 0.25) is 0 Å². The van der Waals surface area contributed by atoms with Crippen molar-refractivity contribution in [2.45, 2.75) is 40.2 Å². The number of methoxy groups -OCH3 is 1. The summed E-state index contributed by atoms with van der Waals surface area (Å²) in [5, 5.41) is 0. The molecule has 0 radical (unpaired) electrons. The Hall–Kier alpha value is -1.07. The minimum absolute atomic E-state index is 0.192. The first kappa shape index (κ1) is 16.0. The van der Waals surface area contributed by atoms with Crippen LogP contribution in [0, 0.1) is 13.8 Å². The van der Waals surface area contributed by atoms with Gasteiger partial charge in [-0.2, -0.15) is 0 Å². The summed E-state index contributed by atoms with van der Waals surface area (Å²) < 4.78 is 31.4. The zero-order valence-electron chi connectivity index (χ0n) is 12.1. The van der Waals surface area contributed by atoms with Crippen molar-refractivity contribution in [1.29, 1.82) is 0 Å². The van der Waals surface area contributed by atoms with Gasteiger partial charge in [-0.25, -0.2) is 13.1 Å². The molecule has 0 heterocycles. The summed E-state index contributed by atoms with van der Waals surface area (Å²) in [5.74, 6) is 1.02. The molecule has 0 amide bonds. The van der Waals surface area contributed by atoms with Crippen LogP contribution < -0.4 is 9.46 Å². The highest BCUT2D eigenvalue weighted by Gasteiger charge is 2.11. The second-order valence-electron chi connectivity index (χ2n) is 4.67. The van der Waals surface area contributed by atoms with Crippen LogP contribution in [0.3, 0.4) is 0 Å². The van der Waals surface area contributed by atoms with E-state index in [-0.39, 0.29) is 5.75 Å². The molecule has 1 N–H and O–H groups in total. The average molecular weight is 285 g/mol. The van der Waals surface area contributed by atoms with Crippen molar-refractivity contribution in [3.63, 3.8) is 0 Å². The molecule has 0 unspecified atom stereocenters. The maximum Gasteiger partial charge on any atom is 0.211 e. The maximum absolute atomic E-state index is 11.7. The van der Waals surface area contributed by atoms with E-state index in [1.165, 1.54) is 0 Å². The highest BCUT2D eigenvalue weighted by atomic mass is 32.2. The van der Waals surface area contributed by atoms with Gasteiger partial charge in [-0.1, -0.05) is 19.4 Å². The third-order valence-corrected chi connectivity index (χ3v) is 4.73. The standard InChI is InChI=1S/C14H23NO3S/c1-5-6-9-19(16,17)15-10-13-7-8-14(18-4)12(3)11(13)2/h7-8,15H,5-6,9-10H2,1-4H3. The van der Waals surface area contributed by atoms with Gasteiger partial charge in [-0.15, -0.1) is 0 Å². The normalized spacial score (nSPS) is 11.6. The van der Waals surface area contributed by atoms with Gasteiger partial charge >= 0.3 is 0 Å². The Balaban J connectivity index is 2.76. The Morgan fingerprint density at radius 3 is 2.47 bits per heavy atom. The maximum atomic E-state index is 11.7. The molecule has 0 aromatic heterocycles. The SMILES string of the molecule is CCCCS(=O)(=O)NCc1ccc(OC)c(C)c1C. The molecule has 108 valence electrons. The summed E-state index contributed by atoms with van der Waals surface area (Å²) >= 11 is 0. The van der Waals surface area contributed by atoms with Crippen LogP contribution in [0.15, 0.2) is 12.1 Å². The predicted octanol–water partition coefficient (Wildman–Crippen LogP) is 2.53. The van der Waals surface area contributed by atoms with Crippen LogP contribution in [0.4, 0.5) is 0 Å². The van der Waals surface area contributed by atoms with Crippen molar-refractivity contribution in [1.82, 2.24) is 4.72 Å². The first-order valence-corrected chi connectivity index (χ1v) is 8.17. The average Bonchev–Trinajstić information content (AvgIpc) is 2.38. The van der Waals surface area contributed by atoms with Crippen LogP contribution in [-0.2, 0) is 16.6 Å². The van der Waals surface area contributed by atoms with E-state index in [9.17, 15) is 8.42 Å². The van der Waals surface area contributed by atoms with E-state index in [2.05, 4.69) is 4.72 Å². The monoisotopic (exact) mass is 285 g/mol. The van der Waals surface area contributed by atoms with Gasteiger partial charge in [-0.05, 0) is 43.0 Å². The van der Waals surface area contributed by atoms with Crippen molar-refractivity contribution < 1.29 is 13.2 Å². The molecule has 0 saturated heterocycles. The Morgan fingerprint density at radius 1 is 1.21 bits per heavy atom. The van der Waals surface area contributed by atoms with Gasteiger partial charge in [0.1, 0.15) is 5.75 Å². The predicted molar refractivity (Wildman–Crippen MR) is 78.0 cm³/mol.